The molecule has 1 aliphatic carbocycles. The Labute approximate surface area is 136 Å². The number of Topliss-reactive ketones (excluding diaryl/α,β-unsaturated/α-hetero) is 1. The van der Waals surface area contributed by atoms with Crippen LogP contribution >= 0.6 is 0 Å². The van der Waals surface area contributed by atoms with E-state index in [1.165, 1.54) is 14.2 Å². The second-order valence-corrected chi connectivity index (χ2v) is 6.94. The largest absolute Gasteiger partial charge is 0.493 e. The summed E-state index contributed by atoms with van der Waals surface area (Å²) in [6.07, 6.45) is 2.74. The highest BCUT2D eigenvalue weighted by atomic mass is 19.1. The van der Waals surface area contributed by atoms with Crippen molar-refractivity contribution < 1.29 is 18.7 Å². The van der Waals surface area contributed by atoms with E-state index in [-0.39, 0.29) is 22.5 Å². The molecule has 0 bridgehead atoms. The predicted octanol–water partition coefficient (Wildman–Crippen LogP) is 2.93. The Morgan fingerprint density at radius 3 is 2.61 bits per heavy atom. The molecule has 1 aromatic carbocycles. The van der Waals surface area contributed by atoms with Gasteiger partial charge in [0, 0.05) is 23.8 Å². The first kappa shape index (κ1) is 16.2. The molecule has 1 aliphatic heterocycles. The van der Waals surface area contributed by atoms with Crippen molar-refractivity contribution in [3.8, 4) is 11.5 Å². The third kappa shape index (κ3) is 2.17. The molecule has 3 rings (SSSR count). The van der Waals surface area contributed by atoms with Crippen molar-refractivity contribution in [2.24, 2.45) is 0 Å². The third-order valence-electron chi connectivity index (χ3n) is 6.11. The number of carbonyl (C=O) groups is 1. The number of likely N-dealkylation sites (tertiary alicyclic amines) is 1. The van der Waals surface area contributed by atoms with Crippen LogP contribution in [0.4, 0.5) is 4.39 Å². The summed E-state index contributed by atoms with van der Waals surface area (Å²) < 4.78 is 25.0. The fourth-order valence-electron chi connectivity index (χ4n) is 4.56. The van der Waals surface area contributed by atoms with Crippen LogP contribution in [0.3, 0.4) is 0 Å². The molecule has 23 heavy (non-hydrogen) atoms. The maximum atomic E-state index is 14.5. The zero-order valence-corrected chi connectivity index (χ0v) is 14.2. The molecule has 1 saturated carbocycles. The van der Waals surface area contributed by atoms with Gasteiger partial charge < -0.3 is 9.47 Å². The minimum Gasteiger partial charge on any atom is -0.493 e. The van der Waals surface area contributed by atoms with Gasteiger partial charge in [-0.25, -0.2) is 4.39 Å². The summed E-state index contributed by atoms with van der Waals surface area (Å²) in [5, 5.41) is 0. The minimum atomic E-state index is -0.412. The van der Waals surface area contributed by atoms with E-state index in [4.69, 9.17) is 9.47 Å². The Hall–Kier alpha value is -1.62. The lowest BCUT2D eigenvalue weighted by Gasteiger charge is -2.50. The number of benzene rings is 1. The van der Waals surface area contributed by atoms with Crippen LogP contribution in [-0.4, -0.2) is 44.0 Å². The van der Waals surface area contributed by atoms with Crippen LogP contribution in [0.15, 0.2) is 12.1 Å². The lowest BCUT2D eigenvalue weighted by Crippen LogP contribution is -2.56. The second-order valence-electron chi connectivity index (χ2n) is 6.94. The Bertz CT molecular complexity index is 647. The number of halogens is 1. The summed E-state index contributed by atoms with van der Waals surface area (Å²) in [6.45, 7) is 3.03. The van der Waals surface area contributed by atoms with Crippen molar-refractivity contribution in [3.05, 3.63) is 23.5 Å². The molecule has 1 heterocycles. The average molecular weight is 321 g/mol. The van der Waals surface area contributed by atoms with Crippen LogP contribution in [-0.2, 0) is 10.2 Å². The zero-order valence-electron chi connectivity index (χ0n) is 14.2. The molecule has 1 saturated heterocycles. The number of ether oxygens (including phenoxy) is 2. The topological polar surface area (TPSA) is 38.8 Å². The Kier molecular flexibility index (Phi) is 3.87. The summed E-state index contributed by atoms with van der Waals surface area (Å²) in [4.78, 5) is 14.3. The SMILES string of the molecule is COc1cc([C@]23CCC(=O)C[C@@]2(C)N(C)CC3)cc(F)c1OC. The van der Waals surface area contributed by atoms with E-state index in [2.05, 4.69) is 18.9 Å². The van der Waals surface area contributed by atoms with Gasteiger partial charge in [-0.15, -0.1) is 0 Å². The van der Waals surface area contributed by atoms with Crippen LogP contribution < -0.4 is 9.47 Å². The maximum absolute atomic E-state index is 14.5. The highest BCUT2D eigenvalue weighted by Crippen LogP contribution is 2.55. The molecule has 126 valence electrons. The fourth-order valence-corrected chi connectivity index (χ4v) is 4.56. The lowest BCUT2D eigenvalue weighted by atomic mass is 9.58. The molecule has 0 unspecified atom stereocenters. The molecular formula is C18H24FNO3. The number of hydrogen-bond donors (Lipinski definition) is 0. The molecule has 1 aromatic rings. The Morgan fingerprint density at radius 1 is 1.22 bits per heavy atom. The molecule has 0 radical (unpaired) electrons. The van der Waals surface area contributed by atoms with E-state index >= 15 is 0 Å². The smallest absolute Gasteiger partial charge is 0.196 e. The van der Waals surface area contributed by atoms with Crippen molar-refractivity contribution in [1.29, 1.82) is 0 Å². The van der Waals surface area contributed by atoms with Gasteiger partial charge in [0.1, 0.15) is 5.78 Å². The highest BCUT2D eigenvalue weighted by molar-refractivity contribution is 5.82. The van der Waals surface area contributed by atoms with Gasteiger partial charge in [-0.05, 0) is 51.1 Å². The molecule has 2 atom stereocenters. The normalized spacial score (nSPS) is 31.1. The van der Waals surface area contributed by atoms with Crippen LogP contribution in [0.2, 0.25) is 0 Å². The van der Waals surface area contributed by atoms with Crippen LogP contribution in [0, 0.1) is 5.82 Å². The number of methoxy groups -OCH3 is 2. The monoisotopic (exact) mass is 321 g/mol. The lowest BCUT2D eigenvalue weighted by molar-refractivity contribution is -0.125. The molecule has 4 nitrogen and oxygen atoms in total. The van der Waals surface area contributed by atoms with Gasteiger partial charge in [0.2, 0.25) is 0 Å². The number of carbonyl (C=O) groups excluding carboxylic acids is 1. The van der Waals surface area contributed by atoms with E-state index < -0.39 is 5.82 Å². The van der Waals surface area contributed by atoms with E-state index in [1.54, 1.807) is 6.07 Å². The molecule has 0 amide bonds. The number of fused-ring (bicyclic) bond motifs is 1. The first-order valence-corrected chi connectivity index (χ1v) is 8.03. The average Bonchev–Trinajstić information content (AvgIpc) is 2.78. The van der Waals surface area contributed by atoms with Crippen LogP contribution in [0.25, 0.3) is 0 Å². The number of likely N-dealkylation sites (N-methyl/N-ethyl adjacent to an activating group) is 1. The van der Waals surface area contributed by atoms with Crippen molar-refractivity contribution >= 4 is 5.78 Å². The maximum Gasteiger partial charge on any atom is 0.196 e. The van der Waals surface area contributed by atoms with Gasteiger partial charge in [0.25, 0.3) is 0 Å². The first-order valence-electron chi connectivity index (χ1n) is 8.03. The van der Waals surface area contributed by atoms with E-state index in [0.717, 1.165) is 24.9 Å². The first-order chi connectivity index (χ1) is 10.9. The van der Waals surface area contributed by atoms with Crippen molar-refractivity contribution in [2.45, 2.75) is 43.6 Å². The van der Waals surface area contributed by atoms with E-state index in [1.807, 2.05) is 6.07 Å². The van der Waals surface area contributed by atoms with Crippen molar-refractivity contribution in [1.82, 2.24) is 4.90 Å². The van der Waals surface area contributed by atoms with Gasteiger partial charge in [-0.2, -0.15) is 0 Å². The predicted molar refractivity (Wildman–Crippen MR) is 85.7 cm³/mol. The fraction of sp³-hybridized carbons (Fsp3) is 0.611. The molecule has 2 fully saturated rings. The van der Waals surface area contributed by atoms with Crippen LogP contribution in [0.5, 0.6) is 11.5 Å². The number of rotatable bonds is 3. The quantitative estimate of drug-likeness (QED) is 0.858. The molecule has 0 aromatic heterocycles. The molecular weight excluding hydrogens is 297 g/mol. The molecule has 5 heteroatoms. The third-order valence-corrected chi connectivity index (χ3v) is 6.11. The Balaban J connectivity index is 2.16. The minimum absolute atomic E-state index is 0.132. The number of hydrogen-bond acceptors (Lipinski definition) is 4. The molecule has 2 aliphatic rings. The van der Waals surface area contributed by atoms with E-state index in [9.17, 15) is 9.18 Å². The van der Waals surface area contributed by atoms with Crippen LogP contribution in [0.1, 0.15) is 38.2 Å². The van der Waals surface area contributed by atoms with Crippen molar-refractivity contribution in [2.75, 3.05) is 27.8 Å². The summed E-state index contributed by atoms with van der Waals surface area (Å²) in [6, 6.07) is 3.45. The van der Waals surface area contributed by atoms with Gasteiger partial charge in [-0.3, -0.25) is 9.69 Å². The van der Waals surface area contributed by atoms with Gasteiger partial charge in [0.15, 0.2) is 17.3 Å². The van der Waals surface area contributed by atoms with Crippen molar-refractivity contribution in [3.63, 3.8) is 0 Å². The van der Waals surface area contributed by atoms with Gasteiger partial charge >= 0.3 is 0 Å². The number of nitrogens with zero attached hydrogens (tertiary/aromatic N) is 1. The van der Waals surface area contributed by atoms with Gasteiger partial charge in [0.05, 0.1) is 14.2 Å². The van der Waals surface area contributed by atoms with E-state index in [0.29, 0.717) is 18.6 Å². The summed E-state index contributed by atoms with van der Waals surface area (Å²) in [5.41, 5.74) is 0.400. The summed E-state index contributed by atoms with van der Waals surface area (Å²) in [5.74, 6) is 0.418. The summed E-state index contributed by atoms with van der Waals surface area (Å²) >= 11 is 0. The second kappa shape index (κ2) is 5.48. The summed E-state index contributed by atoms with van der Waals surface area (Å²) in [7, 11) is 5.01. The van der Waals surface area contributed by atoms with Gasteiger partial charge in [-0.1, -0.05) is 0 Å². The number of ketones is 1. The molecule has 0 spiro atoms. The standard InChI is InChI=1S/C18H24FNO3/c1-17-11-13(21)5-6-18(17,7-8-20(17)2)12-9-14(19)16(23-4)15(10-12)22-3/h9-10H,5-8,11H2,1-4H3/t17-,18-/m1/s1. The Morgan fingerprint density at radius 2 is 1.96 bits per heavy atom. The highest BCUT2D eigenvalue weighted by Gasteiger charge is 2.58. The zero-order chi connectivity index (χ0) is 16.8. The molecule has 0 N–H and O–H groups in total.